The molecule has 3 aromatic carbocycles. The molecule has 0 radical (unpaired) electrons. The van der Waals surface area contributed by atoms with Crippen molar-refractivity contribution in [1.82, 2.24) is 9.97 Å². The van der Waals surface area contributed by atoms with Gasteiger partial charge in [0, 0.05) is 10.7 Å². The van der Waals surface area contributed by atoms with Gasteiger partial charge in [-0.1, -0.05) is 29.8 Å². The van der Waals surface area contributed by atoms with Gasteiger partial charge in [0.2, 0.25) is 0 Å². The monoisotopic (exact) mass is 533 g/mol. The van der Waals surface area contributed by atoms with E-state index < -0.39 is 15.6 Å². The Morgan fingerprint density at radius 1 is 0.946 bits per heavy atom. The summed E-state index contributed by atoms with van der Waals surface area (Å²) in [7, 11) is -3.94. The Bertz CT molecular complexity index is 1620. The number of nitrogen functional groups attached to an aromatic ring is 1. The minimum absolute atomic E-state index is 0.0639. The van der Waals surface area contributed by atoms with E-state index in [1.165, 1.54) is 24.3 Å². The van der Waals surface area contributed by atoms with E-state index in [0.29, 0.717) is 45.5 Å². The number of sulfonamides is 1. The summed E-state index contributed by atoms with van der Waals surface area (Å²) in [4.78, 5) is 9.31. The van der Waals surface area contributed by atoms with E-state index in [2.05, 4.69) is 20.0 Å². The number of hydrogen-bond acceptors (Lipinski definition) is 7. The molecule has 1 aliphatic carbocycles. The van der Waals surface area contributed by atoms with Gasteiger partial charge in [-0.2, -0.15) is 0 Å². The number of aromatic nitrogens is 2. The molecule has 1 aliphatic rings. The van der Waals surface area contributed by atoms with E-state index >= 15 is 0 Å². The first-order valence-corrected chi connectivity index (χ1v) is 13.3. The molecule has 0 spiro atoms. The van der Waals surface area contributed by atoms with Gasteiger partial charge in [0.15, 0.2) is 11.6 Å². The SMILES string of the molecule is CC1(Nc2nc3ccccc3nc2NS(=O)(=O)c2ccc(Cl)cc2)C=CC(Oc2ccc(N)cc2)=CC1. The molecule has 8 nitrogen and oxygen atoms in total. The summed E-state index contributed by atoms with van der Waals surface area (Å²) in [6.07, 6.45) is 6.33. The van der Waals surface area contributed by atoms with Crippen molar-refractivity contribution >= 4 is 50.0 Å². The molecule has 4 aromatic rings. The zero-order chi connectivity index (χ0) is 26.0. The van der Waals surface area contributed by atoms with Crippen LogP contribution in [0.3, 0.4) is 0 Å². The largest absolute Gasteiger partial charge is 0.458 e. The first-order chi connectivity index (χ1) is 17.7. The quantitative estimate of drug-likeness (QED) is 0.258. The number of allylic oxidation sites excluding steroid dienone is 1. The third-order valence-corrected chi connectivity index (χ3v) is 7.39. The number of fused-ring (bicyclic) bond motifs is 1. The van der Waals surface area contributed by atoms with Gasteiger partial charge in [0.25, 0.3) is 10.0 Å². The van der Waals surface area contributed by atoms with Crippen LogP contribution in [0.4, 0.5) is 17.3 Å². The highest BCUT2D eigenvalue weighted by atomic mass is 35.5. The van der Waals surface area contributed by atoms with Crippen LogP contribution in [-0.4, -0.2) is 23.9 Å². The summed E-state index contributed by atoms with van der Waals surface area (Å²) in [5.74, 6) is 1.77. The van der Waals surface area contributed by atoms with Crippen molar-refractivity contribution in [2.45, 2.75) is 23.8 Å². The molecule has 37 heavy (non-hydrogen) atoms. The van der Waals surface area contributed by atoms with E-state index in [9.17, 15) is 8.42 Å². The highest BCUT2D eigenvalue weighted by molar-refractivity contribution is 7.92. The van der Waals surface area contributed by atoms with Crippen molar-refractivity contribution in [1.29, 1.82) is 0 Å². The standard InChI is InChI=1S/C27H24ClN5O3S/c1-27(16-14-21(15-17-27)36-20-10-8-19(29)9-11-20)32-25-26(31-24-5-3-2-4-23(24)30-25)33-37(34,35)22-12-6-18(28)7-13-22/h2-16H,17,29H2,1H3,(H,30,32)(H,31,33). The fraction of sp³-hybridized carbons (Fsp3) is 0.111. The summed E-state index contributed by atoms with van der Waals surface area (Å²) < 4.78 is 34.7. The molecule has 0 fully saturated rings. The van der Waals surface area contributed by atoms with Gasteiger partial charge < -0.3 is 15.8 Å². The van der Waals surface area contributed by atoms with Crippen molar-refractivity contribution in [3.05, 3.63) is 102 Å². The first-order valence-electron chi connectivity index (χ1n) is 11.5. The van der Waals surface area contributed by atoms with Crippen LogP contribution in [-0.2, 0) is 10.0 Å². The van der Waals surface area contributed by atoms with Crippen molar-refractivity contribution in [2.75, 3.05) is 15.8 Å². The van der Waals surface area contributed by atoms with Gasteiger partial charge in [-0.25, -0.2) is 18.4 Å². The number of nitrogens with zero attached hydrogens (tertiary/aromatic N) is 2. The van der Waals surface area contributed by atoms with Crippen LogP contribution >= 0.6 is 11.6 Å². The lowest BCUT2D eigenvalue weighted by molar-refractivity contribution is 0.432. The first kappa shape index (κ1) is 24.6. The lowest BCUT2D eigenvalue weighted by atomic mass is 9.93. The number of hydrogen-bond donors (Lipinski definition) is 3. The van der Waals surface area contributed by atoms with Gasteiger partial charge in [-0.05, 0) is 86.2 Å². The maximum atomic E-state index is 13.1. The molecule has 0 saturated carbocycles. The Morgan fingerprint density at radius 3 is 2.22 bits per heavy atom. The molecular formula is C27H24ClN5O3S. The van der Waals surface area contributed by atoms with Crippen LogP contribution in [0.2, 0.25) is 5.02 Å². The second kappa shape index (κ2) is 9.76. The molecule has 0 saturated heterocycles. The van der Waals surface area contributed by atoms with Crippen LogP contribution in [0, 0.1) is 0 Å². The summed E-state index contributed by atoms with van der Waals surface area (Å²) in [6, 6.07) is 20.3. The minimum Gasteiger partial charge on any atom is -0.458 e. The number of halogens is 1. The number of ether oxygens (including phenoxy) is 1. The molecule has 0 aliphatic heterocycles. The van der Waals surface area contributed by atoms with Crippen molar-refractivity contribution < 1.29 is 13.2 Å². The van der Waals surface area contributed by atoms with Gasteiger partial charge in [0.1, 0.15) is 11.5 Å². The fourth-order valence-corrected chi connectivity index (χ4v) is 4.92. The molecule has 0 amide bonds. The van der Waals surface area contributed by atoms with Crippen LogP contribution in [0.15, 0.2) is 102 Å². The van der Waals surface area contributed by atoms with Gasteiger partial charge >= 0.3 is 0 Å². The molecule has 4 N–H and O–H groups in total. The van der Waals surface area contributed by atoms with Crippen LogP contribution in [0.5, 0.6) is 5.75 Å². The minimum atomic E-state index is -3.94. The average molecular weight is 534 g/mol. The van der Waals surface area contributed by atoms with Crippen LogP contribution in [0.25, 0.3) is 11.0 Å². The van der Waals surface area contributed by atoms with Crippen molar-refractivity contribution in [3.63, 3.8) is 0 Å². The highest BCUT2D eigenvalue weighted by Gasteiger charge is 2.27. The maximum Gasteiger partial charge on any atom is 0.263 e. The maximum absolute atomic E-state index is 13.1. The van der Waals surface area contributed by atoms with Crippen molar-refractivity contribution in [2.24, 2.45) is 0 Å². The molecule has 1 unspecified atom stereocenters. The molecule has 1 aromatic heterocycles. The Labute approximate surface area is 219 Å². The number of nitrogens with one attached hydrogen (secondary N) is 2. The summed E-state index contributed by atoms with van der Waals surface area (Å²) in [6.45, 7) is 1.98. The number of benzene rings is 3. The second-order valence-corrected chi connectivity index (χ2v) is 10.9. The molecule has 1 heterocycles. The number of rotatable bonds is 7. The Kier molecular flexibility index (Phi) is 6.49. The molecule has 188 valence electrons. The zero-order valence-corrected chi connectivity index (χ0v) is 21.4. The van der Waals surface area contributed by atoms with Gasteiger partial charge in [-0.3, -0.25) is 4.72 Å². The smallest absolute Gasteiger partial charge is 0.263 e. The number of nitrogens with two attached hydrogens (primary N) is 1. The zero-order valence-electron chi connectivity index (χ0n) is 19.9. The van der Waals surface area contributed by atoms with Crippen LogP contribution in [0.1, 0.15) is 13.3 Å². The lowest BCUT2D eigenvalue weighted by Crippen LogP contribution is -2.34. The molecular weight excluding hydrogens is 510 g/mol. The Morgan fingerprint density at radius 2 is 1.59 bits per heavy atom. The van der Waals surface area contributed by atoms with Gasteiger partial charge in [-0.15, -0.1) is 0 Å². The third-order valence-electron chi connectivity index (χ3n) is 5.79. The van der Waals surface area contributed by atoms with Crippen molar-refractivity contribution in [3.8, 4) is 5.75 Å². The van der Waals surface area contributed by atoms with E-state index in [1.807, 2.05) is 43.4 Å². The topological polar surface area (TPSA) is 119 Å². The summed E-state index contributed by atoms with van der Waals surface area (Å²) in [5.41, 5.74) is 7.02. The summed E-state index contributed by atoms with van der Waals surface area (Å²) >= 11 is 5.93. The lowest BCUT2D eigenvalue weighted by Gasteiger charge is -2.30. The normalized spacial score (nSPS) is 17.3. The molecule has 5 rings (SSSR count). The van der Waals surface area contributed by atoms with E-state index in [-0.39, 0.29) is 10.7 Å². The highest BCUT2D eigenvalue weighted by Crippen LogP contribution is 2.31. The van der Waals surface area contributed by atoms with Gasteiger partial charge in [0.05, 0.1) is 21.5 Å². The van der Waals surface area contributed by atoms with E-state index in [0.717, 1.165) is 0 Å². The molecule has 10 heteroatoms. The number of para-hydroxylation sites is 2. The third kappa shape index (κ3) is 5.68. The molecule has 0 bridgehead atoms. The Hall–Kier alpha value is -4.08. The van der Waals surface area contributed by atoms with Crippen LogP contribution < -0.4 is 20.5 Å². The second-order valence-electron chi connectivity index (χ2n) is 8.83. The van der Waals surface area contributed by atoms with E-state index in [1.54, 1.807) is 30.3 Å². The summed E-state index contributed by atoms with van der Waals surface area (Å²) in [5, 5.41) is 3.81. The predicted molar refractivity (Wildman–Crippen MR) is 147 cm³/mol. The average Bonchev–Trinajstić information content (AvgIpc) is 2.87. The predicted octanol–water partition coefficient (Wildman–Crippen LogP) is 5.76. The molecule has 1 atom stereocenters. The number of anilines is 3. The fourth-order valence-electron chi connectivity index (χ4n) is 3.78. The van der Waals surface area contributed by atoms with E-state index in [4.69, 9.17) is 22.1 Å². The Balaban J connectivity index is 1.41.